The Morgan fingerprint density at radius 2 is 1.58 bits per heavy atom. The van der Waals surface area contributed by atoms with Gasteiger partial charge in [0, 0.05) is 31.4 Å². The van der Waals surface area contributed by atoms with E-state index >= 15 is 0 Å². The minimum atomic E-state index is -1.60. The summed E-state index contributed by atoms with van der Waals surface area (Å²) in [6, 6.07) is -1.84. The predicted octanol–water partition coefficient (Wildman–Crippen LogP) is -3.60. The molecule has 1 aliphatic heterocycles. The number of hydrogen-bond donors (Lipinski definition) is 13. The van der Waals surface area contributed by atoms with E-state index < -0.39 is 89.9 Å². The summed E-state index contributed by atoms with van der Waals surface area (Å²) < 4.78 is 0. The number of aromatic nitrogens is 2. The lowest BCUT2D eigenvalue weighted by atomic mass is 10.0. The zero-order valence-corrected chi connectivity index (χ0v) is 35.3. The maximum Gasteiger partial charge on any atom is 0.325 e. The van der Waals surface area contributed by atoms with Gasteiger partial charge in [0.1, 0.15) is 42.2 Å². The number of aliphatic imine (C=N–C) groups is 1. The van der Waals surface area contributed by atoms with Crippen molar-refractivity contribution in [3.63, 3.8) is 0 Å². The molecular weight excluding hydrogens is 811 g/mol. The van der Waals surface area contributed by atoms with Gasteiger partial charge in [-0.25, -0.2) is 4.98 Å². The molecule has 6 amide bonds. The molecule has 342 valence electrons. The quantitative estimate of drug-likeness (QED) is 0.0198. The third-order valence-corrected chi connectivity index (χ3v) is 10.0. The van der Waals surface area contributed by atoms with Crippen LogP contribution in [-0.4, -0.2) is 153 Å². The highest BCUT2D eigenvalue weighted by molar-refractivity contribution is 5.95. The Balaban J connectivity index is 1.75. The molecule has 23 heteroatoms. The second kappa shape index (κ2) is 24.8. The molecular formula is C39H61N13O10. The fourth-order valence-corrected chi connectivity index (χ4v) is 6.59. The number of phenols is 1. The highest BCUT2D eigenvalue weighted by Crippen LogP contribution is 2.20. The molecule has 1 aliphatic rings. The van der Waals surface area contributed by atoms with Crippen LogP contribution in [0.1, 0.15) is 64.1 Å². The number of aliphatic hydroxyl groups is 1. The normalized spacial score (nSPS) is 16.9. The highest BCUT2D eigenvalue weighted by Gasteiger charge is 2.39. The maximum absolute atomic E-state index is 14.0. The molecule has 8 atom stereocenters. The fraction of sp³-hybridized carbons (Fsp3) is 0.564. The monoisotopic (exact) mass is 871 g/mol. The SMILES string of the molecule is CNCC(=O)NC(CCCCN=C(N)N)C(=O)NC(C)C(=O)NC(Cc1ccc(O)cc1)C(O)NC(C)C(=O)NC(Cc1cnc[nH]1)C(=O)N1CCCC1C(=O)NC(C)C(=O)O. The highest BCUT2D eigenvalue weighted by atomic mass is 16.4. The molecule has 1 aromatic heterocycles. The molecule has 62 heavy (non-hydrogen) atoms. The summed E-state index contributed by atoms with van der Waals surface area (Å²) in [5.74, 6) is -5.07. The number of aromatic hydroxyl groups is 1. The number of imidazole rings is 1. The van der Waals surface area contributed by atoms with Crippen molar-refractivity contribution in [3.8, 4) is 5.75 Å². The lowest BCUT2D eigenvalue weighted by molar-refractivity contribution is -0.144. The number of nitrogens with one attached hydrogen (secondary N) is 8. The number of likely N-dealkylation sites (N-methyl/N-ethyl adjacent to an activating group) is 1. The van der Waals surface area contributed by atoms with Crippen molar-refractivity contribution >= 4 is 47.4 Å². The number of likely N-dealkylation sites (tertiary alicyclic amines) is 1. The van der Waals surface area contributed by atoms with Crippen molar-refractivity contribution in [3.05, 3.63) is 48.0 Å². The van der Waals surface area contributed by atoms with Gasteiger partial charge in [0.2, 0.25) is 35.4 Å². The van der Waals surface area contributed by atoms with Crippen LogP contribution in [0.2, 0.25) is 0 Å². The van der Waals surface area contributed by atoms with E-state index in [1.54, 1.807) is 19.2 Å². The van der Waals surface area contributed by atoms with E-state index in [9.17, 15) is 48.9 Å². The summed E-state index contributed by atoms with van der Waals surface area (Å²) in [5, 5.41) is 49.2. The average molecular weight is 872 g/mol. The molecule has 0 saturated carbocycles. The molecule has 1 fully saturated rings. The number of carbonyl (C=O) groups is 7. The summed E-state index contributed by atoms with van der Waals surface area (Å²) in [5.41, 5.74) is 11.8. The van der Waals surface area contributed by atoms with Gasteiger partial charge in [0.25, 0.3) is 0 Å². The number of phenolic OH excluding ortho intramolecular Hbond substituents is 1. The van der Waals surface area contributed by atoms with Crippen LogP contribution in [0.5, 0.6) is 5.75 Å². The number of amides is 6. The van der Waals surface area contributed by atoms with Crippen LogP contribution in [0.15, 0.2) is 41.8 Å². The van der Waals surface area contributed by atoms with Crippen molar-refractivity contribution in [2.75, 3.05) is 26.7 Å². The zero-order valence-electron chi connectivity index (χ0n) is 35.3. The number of carboxylic acid groups (broad SMARTS) is 1. The Kier molecular flexibility index (Phi) is 20.0. The number of nitrogens with zero attached hydrogens (tertiary/aromatic N) is 3. The number of carboxylic acids is 1. The van der Waals surface area contributed by atoms with E-state index in [0.717, 1.165) is 0 Å². The smallest absolute Gasteiger partial charge is 0.325 e. The van der Waals surface area contributed by atoms with Gasteiger partial charge in [-0.2, -0.15) is 0 Å². The Bertz CT molecular complexity index is 1840. The number of aliphatic carboxylic acids is 1. The van der Waals surface area contributed by atoms with Gasteiger partial charge in [-0.15, -0.1) is 0 Å². The molecule has 0 bridgehead atoms. The standard InChI is InChI=1S/C39H61N13O10/c1-21(46-34(57)27(49-31(54)19-42-4)8-5-6-14-44-39(40)41)32(55)50-28(16-24-10-12-26(53)13-11-24)35(58)47-22(2)33(56)51-29(17-25-18-43-20-45-25)37(60)52-15-7-9-30(52)36(59)48-23(3)38(61)62/h10-13,18,20-23,27-30,35,42,47,53,58H,5-9,14-17,19H2,1-4H3,(H,43,45)(H,46,57)(H,48,59)(H,49,54)(H,50,55)(H,51,56)(H,61,62)(H4,40,41,44). The molecule has 0 spiro atoms. The molecule has 23 nitrogen and oxygen atoms in total. The topological polar surface area (TPSA) is 361 Å². The number of H-pyrrole nitrogens is 1. The van der Waals surface area contributed by atoms with E-state index in [1.165, 1.54) is 50.3 Å². The van der Waals surface area contributed by atoms with Crippen LogP contribution in [0.4, 0.5) is 0 Å². The number of aliphatic hydroxyl groups excluding tert-OH is 1. The van der Waals surface area contributed by atoms with E-state index in [4.69, 9.17) is 11.5 Å². The summed E-state index contributed by atoms with van der Waals surface area (Å²) >= 11 is 0. The first-order valence-corrected chi connectivity index (χ1v) is 20.3. The molecule has 0 radical (unpaired) electrons. The number of nitrogens with two attached hydrogens (primary N) is 2. The molecule has 2 aromatic rings. The van der Waals surface area contributed by atoms with E-state index in [0.29, 0.717) is 37.1 Å². The van der Waals surface area contributed by atoms with Crippen molar-refractivity contribution in [1.82, 2.24) is 52.1 Å². The summed E-state index contributed by atoms with van der Waals surface area (Å²) in [4.78, 5) is 104. The third kappa shape index (κ3) is 16.3. The fourth-order valence-electron chi connectivity index (χ4n) is 6.59. The van der Waals surface area contributed by atoms with Gasteiger partial charge in [-0.1, -0.05) is 12.1 Å². The lowest BCUT2D eigenvalue weighted by Gasteiger charge is -2.31. The average Bonchev–Trinajstić information content (AvgIpc) is 3.93. The first-order valence-electron chi connectivity index (χ1n) is 20.3. The second-order valence-corrected chi connectivity index (χ2v) is 15.1. The molecule has 15 N–H and O–H groups in total. The largest absolute Gasteiger partial charge is 0.508 e. The Morgan fingerprint density at radius 3 is 2.21 bits per heavy atom. The minimum Gasteiger partial charge on any atom is -0.508 e. The first kappa shape index (κ1) is 50.0. The zero-order chi connectivity index (χ0) is 45.9. The van der Waals surface area contributed by atoms with Crippen molar-refractivity contribution < 1.29 is 48.9 Å². The van der Waals surface area contributed by atoms with E-state index in [2.05, 4.69) is 52.2 Å². The maximum atomic E-state index is 14.0. The van der Waals surface area contributed by atoms with Gasteiger partial charge >= 0.3 is 5.97 Å². The molecule has 1 aromatic carbocycles. The number of unbranched alkanes of at least 4 members (excludes halogenated alkanes) is 1. The molecule has 0 aliphatic carbocycles. The van der Waals surface area contributed by atoms with Gasteiger partial charge in [0.15, 0.2) is 5.96 Å². The van der Waals surface area contributed by atoms with Crippen molar-refractivity contribution in [2.45, 2.75) is 114 Å². The third-order valence-electron chi connectivity index (χ3n) is 10.0. The number of carbonyl (C=O) groups excluding carboxylic acids is 6. The summed E-state index contributed by atoms with van der Waals surface area (Å²) in [6.45, 7) is 4.60. The Hall–Kier alpha value is -6.33. The van der Waals surface area contributed by atoms with Gasteiger partial charge < -0.3 is 68.6 Å². The number of rotatable bonds is 25. The first-order chi connectivity index (χ1) is 29.4. The van der Waals surface area contributed by atoms with E-state index in [1.807, 2.05) is 0 Å². The van der Waals surface area contributed by atoms with Crippen LogP contribution in [0.3, 0.4) is 0 Å². The number of benzene rings is 1. The van der Waals surface area contributed by atoms with Crippen LogP contribution in [0.25, 0.3) is 0 Å². The van der Waals surface area contributed by atoms with Gasteiger partial charge in [-0.05, 0) is 84.0 Å². The van der Waals surface area contributed by atoms with E-state index in [-0.39, 0.29) is 50.5 Å². The van der Waals surface area contributed by atoms with Crippen molar-refractivity contribution in [2.24, 2.45) is 16.5 Å². The summed E-state index contributed by atoms with van der Waals surface area (Å²) in [6.07, 6.45) is 3.17. The molecule has 1 saturated heterocycles. The minimum absolute atomic E-state index is 0.00642. The molecule has 3 rings (SSSR count). The van der Waals surface area contributed by atoms with Crippen LogP contribution < -0.4 is 48.7 Å². The van der Waals surface area contributed by atoms with Crippen LogP contribution >= 0.6 is 0 Å². The number of aromatic amines is 1. The Morgan fingerprint density at radius 1 is 0.887 bits per heavy atom. The van der Waals surface area contributed by atoms with Crippen molar-refractivity contribution in [1.29, 1.82) is 0 Å². The lowest BCUT2D eigenvalue weighted by Crippen LogP contribution is -2.61. The second-order valence-electron chi connectivity index (χ2n) is 15.1. The van der Waals surface area contributed by atoms with Crippen LogP contribution in [-0.2, 0) is 46.4 Å². The number of hydrogen-bond acceptors (Lipinski definition) is 13. The number of guanidine groups is 1. The predicted molar refractivity (Wildman–Crippen MR) is 225 cm³/mol. The summed E-state index contributed by atoms with van der Waals surface area (Å²) in [7, 11) is 1.57. The van der Waals surface area contributed by atoms with Crippen LogP contribution in [0, 0.1) is 0 Å². The molecule has 2 heterocycles. The van der Waals surface area contributed by atoms with Gasteiger partial charge in [-0.3, -0.25) is 43.9 Å². The Labute approximate surface area is 359 Å². The van der Waals surface area contributed by atoms with Gasteiger partial charge in [0.05, 0.1) is 25.0 Å². The molecule has 8 unspecified atom stereocenters.